The normalized spacial score (nSPS) is 9.23. The van der Waals surface area contributed by atoms with E-state index in [1.807, 2.05) is 0 Å². The van der Waals surface area contributed by atoms with Gasteiger partial charge in [-0.15, -0.1) is 0 Å². The molecule has 0 aliphatic heterocycles. The van der Waals surface area contributed by atoms with Gasteiger partial charge in [-0.1, -0.05) is 18.2 Å². The molecule has 1 aromatic carbocycles. The molecule has 0 heterocycles. The van der Waals surface area contributed by atoms with Crippen molar-refractivity contribution < 1.29 is 9.72 Å². The van der Waals surface area contributed by atoms with Gasteiger partial charge in [0.1, 0.15) is 0 Å². The van der Waals surface area contributed by atoms with Crippen LogP contribution in [0.15, 0.2) is 24.3 Å². The molecule has 13 heavy (non-hydrogen) atoms. The second kappa shape index (κ2) is 4.20. The molecule has 0 saturated heterocycles. The summed E-state index contributed by atoms with van der Waals surface area (Å²) in [4.78, 5) is 20.0. The number of nitro benzene ring substituents is 1. The van der Waals surface area contributed by atoms with Crippen LogP contribution in [0.4, 0.5) is 5.69 Å². The van der Waals surface area contributed by atoms with Crippen molar-refractivity contribution in [2.24, 2.45) is 0 Å². The molecule has 0 aliphatic rings. The van der Waals surface area contributed by atoms with Gasteiger partial charge in [-0.05, 0) is 0 Å². The van der Waals surface area contributed by atoms with Gasteiger partial charge >= 0.3 is 0 Å². The Balaban J connectivity index is 2.90. The van der Waals surface area contributed by atoms with Gasteiger partial charge in [-0.3, -0.25) is 14.9 Å². The monoisotopic (exact) mass is 180 g/mol. The number of benzene rings is 1. The van der Waals surface area contributed by atoms with Crippen LogP contribution in [0, 0.1) is 10.1 Å². The first-order valence-electron chi connectivity index (χ1n) is 3.65. The van der Waals surface area contributed by atoms with Crippen molar-refractivity contribution in [2.75, 3.05) is 0 Å². The van der Waals surface area contributed by atoms with Gasteiger partial charge in [-0.2, -0.15) is 0 Å². The molecule has 1 rings (SSSR count). The fourth-order valence-corrected chi connectivity index (χ4v) is 0.990. The topological polar surface area (TPSA) is 72.2 Å². The fraction of sp³-hybridized carbons (Fsp3) is 0.125. The number of hydrogen-bond acceptors (Lipinski definition) is 3. The van der Waals surface area contributed by atoms with Crippen molar-refractivity contribution in [2.45, 2.75) is 6.54 Å². The molecule has 0 fully saturated rings. The molecule has 0 radical (unpaired) electrons. The van der Waals surface area contributed by atoms with E-state index in [2.05, 4.69) is 5.32 Å². The number of nitrogens with one attached hydrogen (secondary N) is 1. The smallest absolute Gasteiger partial charge is 0.274 e. The van der Waals surface area contributed by atoms with E-state index in [9.17, 15) is 14.9 Å². The highest BCUT2D eigenvalue weighted by Crippen LogP contribution is 2.16. The van der Waals surface area contributed by atoms with Gasteiger partial charge in [-0.25, -0.2) is 0 Å². The summed E-state index contributed by atoms with van der Waals surface area (Å²) in [6.45, 7) is 0.181. The molecule has 0 aliphatic carbocycles. The molecule has 68 valence electrons. The third kappa shape index (κ3) is 2.26. The minimum absolute atomic E-state index is 0.0249. The molecule has 1 N–H and O–H groups in total. The minimum Gasteiger partial charge on any atom is -0.354 e. The number of hydrogen-bond donors (Lipinski definition) is 1. The summed E-state index contributed by atoms with van der Waals surface area (Å²) in [6, 6.07) is 6.29. The van der Waals surface area contributed by atoms with Gasteiger partial charge in [0.25, 0.3) is 5.69 Å². The average Bonchev–Trinajstić information content (AvgIpc) is 2.15. The Morgan fingerprint density at radius 3 is 2.77 bits per heavy atom. The Bertz CT molecular complexity index is 325. The molecule has 5 nitrogen and oxygen atoms in total. The molecule has 1 aromatic rings. The second-order valence-electron chi connectivity index (χ2n) is 2.38. The SMILES string of the molecule is O=CNCc1ccccc1[N+](=O)[O-]. The molecule has 0 aromatic heterocycles. The van der Waals surface area contributed by atoms with Crippen LogP contribution in [0.25, 0.3) is 0 Å². The summed E-state index contributed by atoms with van der Waals surface area (Å²) in [6.07, 6.45) is 0.511. The van der Waals surface area contributed by atoms with Crippen LogP contribution < -0.4 is 5.32 Å². The van der Waals surface area contributed by atoms with E-state index in [0.717, 1.165) is 0 Å². The lowest BCUT2D eigenvalue weighted by molar-refractivity contribution is -0.385. The van der Waals surface area contributed by atoms with Gasteiger partial charge < -0.3 is 5.32 Å². The van der Waals surface area contributed by atoms with Crippen molar-refractivity contribution in [3.63, 3.8) is 0 Å². The van der Waals surface area contributed by atoms with Crippen LogP contribution in [0.2, 0.25) is 0 Å². The molecule has 5 heteroatoms. The summed E-state index contributed by atoms with van der Waals surface area (Å²) in [5, 5.41) is 12.8. The molecular weight excluding hydrogens is 172 g/mol. The van der Waals surface area contributed by atoms with Crippen LogP contribution in [0.1, 0.15) is 5.56 Å². The Morgan fingerprint density at radius 2 is 2.15 bits per heavy atom. The first-order valence-corrected chi connectivity index (χ1v) is 3.65. The first-order chi connectivity index (χ1) is 6.25. The van der Waals surface area contributed by atoms with Crippen LogP contribution in [0.5, 0.6) is 0 Å². The lowest BCUT2D eigenvalue weighted by Crippen LogP contribution is -2.11. The number of para-hydroxylation sites is 1. The van der Waals surface area contributed by atoms with E-state index >= 15 is 0 Å². The Hall–Kier alpha value is -1.91. The maximum atomic E-state index is 10.5. The second-order valence-corrected chi connectivity index (χ2v) is 2.38. The van der Waals surface area contributed by atoms with Gasteiger partial charge in [0.2, 0.25) is 6.41 Å². The highest BCUT2D eigenvalue weighted by atomic mass is 16.6. The number of carbonyl (C=O) groups is 1. The van der Waals surface area contributed by atoms with E-state index in [4.69, 9.17) is 0 Å². The number of nitrogens with zero attached hydrogens (tertiary/aromatic N) is 1. The summed E-state index contributed by atoms with van der Waals surface area (Å²) >= 11 is 0. The predicted octanol–water partition coefficient (Wildman–Crippen LogP) is 0.841. The third-order valence-corrected chi connectivity index (χ3v) is 1.56. The summed E-state index contributed by atoms with van der Waals surface area (Å²) < 4.78 is 0. The Morgan fingerprint density at radius 1 is 1.46 bits per heavy atom. The van der Waals surface area contributed by atoms with Crippen molar-refractivity contribution in [3.8, 4) is 0 Å². The highest BCUT2D eigenvalue weighted by molar-refractivity contribution is 5.48. The Kier molecular flexibility index (Phi) is 2.97. The van der Waals surface area contributed by atoms with Crippen molar-refractivity contribution in [1.82, 2.24) is 5.32 Å². The zero-order chi connectivity index (χ0) is 9.68. The molecule has 0 atom stereocenters. The van der Waals surface area contributed by atoms with E-state index < -0.39 is 4.92 Å². The molecule has 1 amide bonds. The van der Waals surface area contributed by atoms with E-state index in [1.165, 1.54) is 6.07 Å². The summed E-state index contributed by atoms with van der Waals surface area (Å²) in [5.41, 5.74) is 0.524. The number of nitro groups is 1. The molecule has 0 unspecified atom stereocenters. The van der Waals surface area contributed by atoms with Gasteiger partial charge in [0, 0.05) is 18.2 Å². The highest BCUT2D eigenvalue weighted by Gasteiger charge is 2.10. The molecule has 0 bridgehead atoms. The lowest BCUT2D eigenvalue weighted by Gasteiger charge is -2.00. The number of carbonyl (C=O) groups excluding carboxylic acids is 1. The zero-order valence-electron chi connectivity index (χ0n) is 6.77. The van der Waals surface area contributed by atoms with E-state index in [-0.39, 0.29) is 12.2 Å². The lowest BCUT2D eigenvalue weighted by atomic mass is 10.2. The van der Waals surface area contributed by atoms with E-state index in [0.29, 0.717) is 12.0 Å². The predicted molar refractivity (Wildman–Crippen MR) is 46.0 cm³/mol. The summed E-state index contributed by atoms with van der Waals surface area (Å²) in [5.74, 6) is 0. The summed E-state index contributed by atoms with van der Waals surface area (Å²) in [7, 11) is 0. The standard InChI is InChI=1S/C8H8N2O3/c11-6-9-5-7-3-1-2-4-8(7)10(12)13/h1-4,6H,5H2,(H,9,11). The van der Waals surface area contributed by atoms with Crippen molar-refractivity contribution >= 4 is 12.1 Å². The molecule has 0 saturated carbocycles. The van der Waals surface area contributed by atoms with Crippen LogP contribution in [0.3, 0.4) is 0 Å². The van der Waals surface area contributed by atoms with Gasteiger partial charge in [0.05, 0.1) is 4.92 Å². The number of amides is 1. The fourth-order valence-electron chi connectivity index (χ4n) is 0.990. The zero-order valence-corrected chi connectivity index (χ0v) is 6.77. The van der Waals surface area contributed by atoms with Crippen LogP contribution in [-0.2, 0) is 11.3 Å². The molecular formula is C8H8N2O3. The molecule has 0 spiro atoms. The first kappa shape index (κ1) is 9.18. The quantitative estimate of drug-likeness (QED) is 0.424. The van der Waals surface area contributed by atoms with Crippen LogP contribution in [-0.4, -0.2) is 11.3 Å². The van der Waals surface area contributed by atoms with Crippen LogP contribution >= 0.6 is 0 Å². The Labute approximate surface area is 74.5 Å². The van der Waals surface area contributed by atoms with Gasteiger partial charge in [0.15, 0.2) is 0 Å². The number of rotatable bonds is 4. The van der Waals surface area contributed by atoms with E-state index in [1.54, 1.807) is 18.2 Å². The third-order valence-electron chi connectivity index (χ3n) is 1.56. The largest absolute Gasteiger partial charge is 0.354 e. The average molecular weight is 180 g/mol. The minimum atomic E-state index is -0.470. The van der Waals surface area contributed by atoms with Crippen molar-refractivity contribution in [1.29, 1.82) is 0 Å². The maximum absolute atomic E-state index is 10.5. The maximum Gasteiger partial charge on any atom is 0.274 e. The van der Waals surface area contributed by atoms with Crippen molar-refractivity contribution in [3.05, 3.63) is 39.9 Å².